The van der Waals surface area contributed by atoms with Gasteiger partial charge in [-0.1, -0.05) is 13.8 Å². The molecule has 2 atom stereocenters. The molecule has 1 aromatic rings. The molecule has 1 amide bonds. The molecule has 0 aliphatic carbocycles. The SMILES string of the molecule is CCC1c2ccsc2CCN1C(=O)[C@@H](N)CC.Cl. The highest BCUT2D eigenvalue weighted by Gasteiger charge is 2.31. The number of nitrogens with zero attached hydrogens (tertiary/aromatic N) is 1. The summed E-state index contributed by atoms with van der Waals surface area (Å²) in [5.74, 6) is 0.108. The molecule has 2 N–H and O–H groups in total. The van der Waals surface area contributed by atoms with E-state index in [1.54, 1.807) is 11.3 Å². The van der Waals surface area contributed by atoms with E-state index in [-0.39, 0.29) is 30.4 Å². The molecule has 2 heterocycles. The largest absolute Gasteiger partial charge is 0.334 e. The summed E-state index contributed by atoms with van der Waals surface area (Å²) in [6.07, 6.45) is 2.65. The zero-order valence-corrected chi connectivity index (χ0v) is 12.5. The van der Waals surface area contributed by atoms with Crippen LogP contribution in [0.2, 0.25) is 0 Å². The van der Waals surface area contributed by atoms with E-state index in [1.807, 2.05) is 11.8 Å². The molecule has 1 aliphatic rings. The van der Waals surface area contributed by atoms with Crippen molar-refractivity contribution >= 4 is 29.7 Å². The molecule has 1 aliphatic heterocycles. The van der Waals surface area contributed by atoms with Gasteiger partial charge in [0.2, 0.25) is 5.91 Å². The van der Waals surface area contributed by atoms with E-state index in [9.17, 15) is 4.79 Å². The maximum Gasteiger partial charge on any atom is 0.239 e. The molecule has 0 radical (unpaired) electrons. The molecule has 5 heteroatoms. The number of nitrogens with two attached hydrogens (primary N) is 1. The summed E-state index contributed by atoms with van der Waals surface area (Å²) >= 11 is 1.80. The number of carbonyl (C=O) groups excluding carboxylic acids is 1. The van der Waals surface area contributed by atoms with Crippen molar-refractivity contribution in [2.45, 2.75) is 45.2 Å². The van der Waals surface area contributed by atoms with Gasteiger partial charge in [-0.2, -0.15) is 0 Å². The van der Waals surface area contributed by atoms with E-state index >= 15 is 0 Å². The summed E-state index contributed by atoms with van der Waals surface area (Å²) in [7, 11) is 0. The summed E-state index contributed by atoms with van der Waals surface area (Å²) in [6, 6.07) is 2.05. The number of amides is 1. The van der Waals surface area contributed by atoms with Gasteiger partial charge in [-0.05, 0) is 36.3 Å². The van der Waals surface area contributed by atoms with E-state index in [1.165, 1.54) is 10.4 Å². The summed E-state index contributed by atoms with van der Waals surface area (Å²) < 4.78 is 0. The maximum absolute atomic E-state index is 12.2. The topological polar surface area (TPSA) is 46.3 Å². The first kappa shape index (κ1) is 15.5. The first-order valence-corrected chi connectivity index (χ1v) is 7.19. The maximum atomic E-state index is 12.2. The average Bonchev–Trinajstić information content (AvgIpc) is 2.83. The van der Waals surface area contributed by atoms with Gasteiger partial charge in [0, 0.05) is 11.4 Å². The van der Waals surface area contributed by atoms with Crippen molar-refractivity contribution in [2.75, 3.05) is 6.54 Å². The van der Waals surface area contributed by atoms with Crippen molar-refractivity contribution in [3.8, 4) is 0 Å². The van der Waals surface area contributed by atoms with Crippen LogP contribution in [-0.4, -0.2) is 23.4 Å². The predicted molar refractivity (Wildman–Crippen MR) is 78.3 cm³/mol. The Labute approximate surface area is 119 Å². The monoisotopic (exact) mass is 288 g/mol. The molecular weight excluding hydrogens is 268 g/mol. The van der Waals surface area contributed by atoms with Crippen LogP contribution in [0.5, 0.6) is 0 Å². The minimum Gasteiger partial charge on any atom is -0.334 e. The number of hydrogen-bond acceptors (Lipinski definition) is 3. The number of halogens is 1. The number of hydrogen-bond donors (Lipinski definition) is 1. The second-order valence-corrected chi connectivity index (χ2v) is 5.52. The lowest BCUT2D eigenvalue weighted by atomic mass is 9.97. The fourth-order valence-corrected chi connectivity index (χ4v) is 3.42. The molecule has 2 rings (SSSR count). The van der Waals surface area contributed by atoms with E-state index in [4.69, 9.17) is 5.73 Å². The Balaban J connectivity index is 0.00000162. The lowest BCUT2D eigenvalue weighted by molar-refractivity contribution is -0.135. The minimum absolute atomic E-state index is 0. The number of thiophene rings is 1. The van der Waals surface area contributed by atoms with Crippen LogP contribution < -0.4 is 5.73 Å². The smallest absolute Gasteiger partial charge is 0.239 e. The van der Waals surface area contributed by atoms with Crippen LogP contribution in [-0.2, 0) is 11.2 Å². The number of rotatable bonds is 3. The standard InChI is InChI=1S/C13H20N2OS.ClH/c1-3-10(14)13(16)15-7-5-12-9(6-8-17-12)11(15)4-2;/h6,8,10-11H,3-5,7,14H2,1-2H3;1H/t10-,11?;/m0./s1. The molecule has 1 unspecified atom stereocenters. The van der Waals surface area contributed by atoms with Gasteiger partial charge in [0.05, 0.1) is 12.1 Å². The molecule has 3 nitrogen and oxygen atoms in total. The van der Waals surface area contributed by atoms with E-state index in [2.05, 4.69) is 18.4 Å². The van der Waals surface area contributed by atoms with Crippen LogP contribution in [0.25, 0.3) is 0 Å². The summed E-state index contributed by atoms with van der Waals surface area (Å²) in [4.78, 5) is 15.6. The Morgan fingerprint density at radius 2 is 2.33 bits per heavy atom. The van der Waals surface area contributed by atoms with Crippen LogP contribution in [0.1, 0.15) is 43.2 Å². The summed E-state index contributed by atoms with van der Waals surface area (Å²) in [5, 5.41) is 2.13. The Morgan fingerprint density at radius 3 is 2.94 bits per heavy atom. The van der Waals surface area contributed by atoms with Gasteiger partial charge >= 0.3 is 0 Å². The van der Waals surface area contributed by atoms with Gasteiger partial charge in [-0.25, -0.2) is 0 Å². The summed E-state index contributed by atoms with van der Waals surface area (Å²) in [5.41, 5.74) is 7.20. The molecular formula is C13H21ClN2OS. The normalized spacial score (nSPS) is 19.9. The van der Waals surface area contributed by atoms with Gasteiger partial charge in [0.25, 0.3) is 0 Å². The molecule has 102 valence electrons. The van der Waals surface area contributed by atoms with Crippen molar-refractivity contribution in [3.63, 3.8) is 0 Å². The Morgan fingerprint density at radius 1 is 1.61 bits per heavy atom. The number of carbonyl (C=O) groups is 1. The zero-order valence-electron chi connectivity index (χ0n) is 10.9. The molecule has 18 heavy (non-hydrogen) atoms. The third kappa shape index (κ3) is 2.71. The second-order valence-electron chi connectivity index (χ2n) is 4.52. The molecule has 0 aromatic carbocycles. The first-order valence-electron chi connectivity index (χ1n) is 6.31. The highest BCUT2D eigenvalue weighted by molar-refractivity contribution is 7.10. The van der Waals surface area contributed by atoms with Crippen molar-refractivity contribution in [3.05, 3.63) is 21.9 Å². The first-order chi connectivity index (χ1) is 8.19. The van der Waals surface area contributed by atoms with Crippen LogP contribution in [0.15, 0.2) is 11.4 Å². The third-order valence-corrected chi connectivity index (χ3v) is 4.52. The molecule has 0 fully saturated rings. The number of fused-ring (bicyclic) bond motifs is 1. The zero-order chi connectivity index (χ0) is 12.4. The Bertz CT molecular complexity index is 407. The molecule has 0 saturated heterocycles. The Kier molecular flexibility index (Phi) is 5.63. The van der Waals surface area contributed by atoms with Crippen molar-refractivity contribution < 1.29 is 4.79 Å². The van der Waals surface area contributed by atoms with Crippen molar-refractivity contribution in [1.29, 1.82) is 0 Å². The van der Waals surface area contributed by atoms with Crippen LogP contribution in [0.3, 0.4) is 0 Å². The minimum atomic E-state index is -0.343. The van der Waals surface area contributed by atoms with Gasteiger partial charge < -0.3 is 10.6 Å². The highest BCUT2D eigenvalue weighted by Crippen LogP contribution is 2.35. The van der Waals surface area contributed by atoms with Gasteiger partial charge in [0.15, 0.2) is 0 Å². The lowest BCUT2D eigenvalue weighted by Crippen LogP contribution is -2.47. The Hall–Kier alpha value is -0.580. The van der Waals surface area contributed by atoms with E-state index < -0.39 is 0 Å². The van der Waals surface area contributed by atoms with Crippen LogP contribution >= 0.6 is 23.7 Å². The quantitative estimate of drug-likeness (QED) is 0.930. The lowest BCUT2D eigenvalue weighted by Gasteiger charge is -2.36. The fraction of sp³-hybridized carbons (Fsp3) is 0.615. The van der Waals surface area contributed by atoms with Crippen LogP contribution in [0.4, 0.5) is 0 Å². The van der Waals surface area contributed by atoms with Gasteiger partial charge in [-0.15, -0.1) is 23.7 Å². The molecule has 1 aromatic heterocycles. The highest BCUT2D eigenvalue weighted by atomic mass is 35.5. The van der Waals surface area contributed by atoms with Crippen LogP contribution in [0, 0.1) is 0 Å². The molecule has 0 spiro atoms. The molecule has 0 saturated carbocycles. The van der Waals surface area contributed by atoms with Crippen molar-refractivity contribution in [1.82, 2.24) is 4.90 Å². The second kappa shape index (κ2) is 6.55. The van der Waals surface area contributed by atoms with Crippen molar-refractivity contribution in [2.24, 2.45) is 5.73 Å². The predicted octanol–water partition coefficient (Wildman–Crippen LogP) is 2.74. The summed E-state index contributed by atoms with van der Waals surface area (Å²) in [6.45, 7) is 4.91. The van der Waals surface area contributed by atoms with Gasteiger partial charge in [0.1, 0.15) is 0 Å². The fourth-order valence-electron chi connectivity index (χ4n) is 2.49. The average molecular weight is 289 g/mol. The third-order valence-electron chi connectivity index (χ3n) is 3.52. The van der Waals surface area contributed by atoms with E-state index in [0.717, 1.165) is 19.4 Å². The molecule has 0 bridgehead atoms. The van der Waals surface area contributed by atoms with Gasteiger partial charge in [-0.3, -0.25) is 4.79 Å². The van der Waals surface area contributed by atoms with E-state index in [0.29, 0.717) is 6.42 Å².